The molecule has 1 aromatic rings. The summed E-state index contributed by atoms with van der Waals surface area (Å²) in [5.41, 5.74) is 0.823. The summed E-state index contributed by atoms with van der Waals surface area (Å²) >= 11 is 0. The van der Waals surface area contributed by atoms with Crippen molar-refractivity contribution in [3.63, 3.8) is 0 Å². The third kappa shape index (κ3) is 2.66. The topological polar surface area (TPSA) is 21.3 Å². The van der Waals surface area contributed by atoms with Crippen LogP contribution in [0.1, 0.15) is 37.7 Å². The van der Waals surface area contributed by atoms with E-state index in [4.69, 9.17) is 4.74 Å². The molecule has 1 aliphatic carbocycles. The third-order valence-electron chi connectivity index (χ3n) is 3.86. The lowest BCUT2D eigenvalue weighted by Crippen LogP contribution is -2.34. The smallest absolute Gasteiger partial charge is 0.168 e. The van der Waals surface area contributed by atoms with E-state index in [0.717, 1.165) is 31.5 Å². The van der Waals surface area contributed by atoms with E-state index in [1.54, 1.807) is 6.07 Å². The van der Waals surface area contributed by atoms with Crippen molar-refractivity contribution in [2.75, 3.05) is 20.2 Å². The average molecular weight is 251 g/mol. The van der Waals surface area contributed by atoms with Gasteiger partial charge in [-0.25, -0.2) is 4.39 Å². The van der Waals surface area contributed by atoms with Crippen LogP contribution >= 0.6 is 0 Å². The molecule has 2 atom stereocenters. The summed E-state index contributed by atoms with van der Waals surface area (Å²) < 4.78 is 19.2. The van der Waals surface area contributed by atoms with E-state index in [2.05, 4.69) is 12.2 Å². The van der Waals surface area contributed by atoms with Gasteiger partial charge in [-0.15, -0.1) is 0 Å². The van der Waals surface area contributed by atoms with Gasteiger partial charge in [-0.3, -0.25) is 0 Å². The van der Waals surface area contributed by atoms with Crippen LogP contribution in [0.4, 0.5) is 4.39 Å². The van der Waals surface area contributed by atoms with Crippen LogP contribution in [-0.4, -0.2) is 20.2 Å². The fraction of sp³-hybridized carbons (Fsp3) is 0.600. The molecule has 100 valence electrons. The Hall–Kier alpha value is -1.09. The van der Waals surface area contributed by atoms with Crippen molar-refractivity contribution in [3.05, 3.63) is 29.6 Å². The van der Waals surface area contributed by atoms with Gasteiger partial charge in [0.25, 0.3) is 0 Å². The monoisotopic (exact) mass is 251 g/mol. The van der Waals surface area contributed by atoms with Crippen LogP contribution in [0.25, 0.3) is 0 Å². The molecule has 1 fully saturated rings. The van der Waals surface area contributed by atoms with Crippen molar-refractivity contribution in [1.82, 2.24) is 5.32 Å². The molecular weight excluding hydrogens is 229 g/mol. The van der Waals surface area contributed by atoms with Gasteiger partial charge in [-0.2, -0.15) is 0 Å². The van der Waals surface area contributed by atoms with Crippen molar-refractivity contribution in [2.45, 2.75) is 32.1 Å². The van der Waals surface area contributed by atoms with Gasteiger partial charge in [0, 0.05) is 0 Å². The van der Waals surface area contributed by atoms with Gasteiger partial charge in [0.1, 0.15) is 0 Å². The average Bonchev–Trinajstić information content (AvgIpc) is 2.36. The highest BCUT2D eigenvalue weighted by Gasteiger charge is 2.33. The fourth-order valence-electron chi connectivity index (χ4n) is 2.66. The number of halogens is 1. The maximum absolute atomic E-state index is 14.2. The first kappa shape index (κ1) is 13.3. The molecule has 2 rings (SSSR count). The largest absolute Gasteiger partial charge is 0.494 e. The number of rotatable bonds is 6. The Balaban J connectivity index is 2.03. The lowest BCUT2D eigenvalue weighted by molar-refractivity contribution is 0.239. The molecule has 1 N–H and O–H groups in total. The Labute approximate surface area is 109 Å². The Morgan fingerprint density at radius 3 is 2.83 bits per heavy atom. The summed E-state index contributed by atoms with van der Waals surface area (Å²) in [5, 5.41) is 3.43. The predicted molar refractivity (Wildman–Crippen MR) is 71.6 cm³/mol. The second kappa shape index (κ2) is 6.19. The molecule has 3 heteroatoms. The SMILES string of the molecule is CCCNCC1CCC1c1cccc(OC)c1F. The summed E-state index contributed by atoms with van der Waals surface area (Å²) in [4.78, 5) is 0. The highest BCUT2D eigenvalue weighted by atomic mass is 19.1. The zero-order valence-electron chi connectivity index (χ0n) is 11.2. The maximum Gasteiger partial charge on any atom is 0.168 e. The van der Waals surface area contributed by atoms with Crippen molar-refractivity contribution >= 4 is 0 Å². The first-order valence-corrected chi connectivity index (χ1v) is 6.81. The second-order valence-electron chi connectivity index (χ2n) is 5.01. The first-order valence-electron chi connectivity index (χ1n) is 6.81. The number of hydrogen-bond acceptors (Lipinski definition) is 2. The lowest BCUT2D eigenvalue weighted by Gasteiger charge is -2.37. The Morgan fingerprint density at radius 1 is 1.39 bits per heavy atom. The Morgan fingerprint density at radius 2 is 2.22 bits per heavy atom. The molecule has 0 saturated heterocycles. The molecule has 1 saturated carbocycles. The van der Waals surface area contributed by atoms with Crippen LogP contribution in [0, 0.1) is 11.7 Å². The van der Waals surface area contributed by atoms with E-state index < -0.39 is 0 Å². The number of hydrogen-bond donors (Lipinski definition) is 1. The molecule has 0 heterocycles. The van der Waals surface area contributed by atoms with Gasteiger partial charge >= 0.3 is 0 Å². The number of ether oxygens (including phenoxy) is 1. The van der Waals surface area contributed by atoms with Crippen molar-refractivity contribution in [1.29, 1.82) is 0 Å². The van der Waals surface area contributed by atoms with Gasteiger partial charge in [0.15, 0.2) is 11.6 Å². The van der Waals surface area contributed by atoms with Gasteiger partial charge in [0.05, 0.1) is 7.11 Å². The molecule has 0 spiro atoms. The predicted octanol–water partition coefficient (Wildman–Crippen LogP) is 3.33. The molecule has 1 aromatic carbocycles. The van der Waals surface area contributed by atoms with Crippen molar-refractivity contribution in [3.8, 4) is 5.75 Å². The summed E-state index contributed by atoms with van der Waals surface area (Å²) in [5.74, 6) is 1.10. The van der Waals surface area contributed by atoms with E-state index >= 15 is 0 Å². The highest BCUT2D eigenvalue weighted by molar-refractivity contribution is 5.34. The van der Waals surface area contributed by atoms with Gasteiger partial charge < -0.3 is 10.1 Å². The highest BCUT2D eigenvalue weighted by Crippen LogP contribution is 2.44. The molecule has 0 radical (unpaired) electrons. The Bertz CT molecular complexity index is 394. The van der Waals surface area contributed by atoms with Gasteiger partial charge in [-0.1, -0.05) is 19.1 Å². The molecule has 0 aliphatic heterocycles. The summed E-state index contributed by atoms with van der Waals surface area (Å²) in [7, 11) is 1.52. The van der Waals surface area contributed by atoms with Crippen LogP contribution in [0.15, 0.2) is 18.2 Å². The standard InChI is InChI=1S/C15H22FNO/c1-3-9-17-10-11-7-8-12(11)13-5-4-6-14(18-2)15(13)16/h4-6,11-12,17H,3,7-10H2,1-2H3. The van der Waals surface area contributed by atoms with Crippen LogP contribution in [0.2, 0.25) is 0 Å². The molecular formula is C15H22FNO. The first-order chi connectivity index (χ1) is 8.77. The second-order valence-corrected chi connectivity index (χ2v) is 5.01. The summed E-state index contributed by atoms with van der Waals surface area (Å²) in [6.45, 7) is 4.20. The van der Waals surface area contributed by atoms with E-state index in [-0.39, 0.29) is 5.82 Å². The molecule has 2 unspecified atom stereocenters. The third-order valence-corrected chi connectivity index (χ3v) is 3.86. The number of benzene rings is 1. The normalized spacial score (nSPS) is 22.6. The van der Waals surface area contributed by atoms with Crippen molar-refractivity contribution < 1.29 is 9.13 Å². The zero-order chi connectivity index (χ0) is 13.0. The summed E-state index contributed by atoms with van der Waals surface area (Å²) in [6.07, 6.45) is 3.42. The quantitative estimate of drug-likeness (QED) is 0.783. The van der Waals surface area contributed by atoms with E-state index in [1.807, 2.05) is 12.1 Å². The Kier molecular flexibility index (Phi) is 4.59. The van der Waals surface area contributed by atoms with E-state index in [9.17, 15) is 4.39 Å². The minimum absolute atomic E-state index is 0.176. The van der Waals surface area contributed by atoms with Crippen molar-refractivity contribution in [2.24, 2.45) is 5.92 Å². The lowest BCUT2D eigenvalue weighted by atomic mass is 9.70. The molecule has 0 amide bonds. The molecule has 2 nitrogen and oxygen atoms in total. The maximum atomic E-state index is 14.2. The fourth-order valence-corrected chi connectivity index (χ4v) is 2.66. The number of methoxy groups -OCH3 is 1. The number of nitrogens with one attached hydrogen (secondary N) is 1. The molecule has 0 aromatic heterocycles. The minimum atomic E-state index is -0.176. The molecule has 18 heavy (non-hydrogen) atoms. The van der Waals surface area contributed by atoms with Gasteiger partial charge in [-0.05, 0) is 55.8 Å². The zero-order valence-corrected chi connectivity index (χ0v) is 11.2. The van der Waals surface area contributed by atoms with Crippen LogP contribution in [0.3, 0.4) is 0 Å². The van der Waals surface area contributed by atoms with Gasteiger partial charge in [0.2, 0.25) is 0 Å². The van der Waals surface area contributed by atoms with Crippen LogP contribution < -0.4 is 10.1 Å². The molecule has 0 bridgehead atoms. The van der Waals surface area contributed by atoms with Crippen LogP contribution in [-0.2, 0) is 0 Å². The van der Waals surface area contributed by atoms with Crippen LogP contribution in [0.5, 0.6) is 5.75 Å². The van der Waals surface area contributed by atoms with E-state index in [1.165, 1.54) is 13.5 Å². The summed E-state index contributed by atoms with van der Waals surface area (Å²) in [6, 6.07) is 5.46. The molecule has 1 aliphatic rings. The minimum Gasteiger partial charge on any atom is -0.494 e. The van der Waals surface area contributed by atoms with E-state index in [0.29, 0.717) is 17.6 Å².